The molecule has 0 atom stereocenters. The van der Waals surface area contributed by atoms with Crippen LogP contribution >= 0.6 is 11.6 Å². The van der Waals surface area contributed by atoms with E-state index >= 15 is 0 Å². The lowest BCUT2D eigenvalue weighted by atomic mass is 10.2. The zero-order valence-corrected chi connectivity index (χ0v) is 16.0. The van der Waals surface area contributed by atoms with Gasteiger partial charge in [-0.05, 0) is 37.6 Å². The number of nitrogens with one attached hydrogen (secondary N) is 1. The third kappa shape index (κ3) is 6.77. The normalized spacial score (nSPS) is 9.79. The second-order valence-electron chi connectivity index (χ2n) is 4.87. The Hall–Kier alpha value is -1.14. The molecule has 1 heterocycles. The first-order valence-electron chi connectivity index (χ1n) is 7.40. The molecule has 0 aliphatic heterocycles. The highest BCUT2D eigenvalue weighted by molar-refractivity contribution is 6.32. The number of hydrogen-bond acceptors (Lipinski definition) is 4. The van der Waals surface area contributed by atoms with Gasteiger partial charge in [-0.25, -0.2) is 4.98 Å². The van der Waals surface area contributed by atoms with Gasteiger partial charge in [0.25, 0.3) is 0 Å². The van der Waals surface area contributed by atoms with Gasteiger partial charge in [0, 0.05) is 25.5 Å². The van der Waals surface area contributed by atoms with Crippen LogP contribution in [0.2, 0.25) is 5.02 Å². The van der Waals surface area contributed by atoms with Crippen LogP contribution in [0.3, 0.4) is 0 Å². The Labute approximate surface area is 160 Å². The molecule has 5 nitrogen and oxygen atoms in total. The first kappa shape index (κ1) is 22.9. The van der Waals surface area contributed by atoms with Gasteiger partial charge < -0.3 is 44.2 Å². The minimum Gasteiger partial charge on any atom is -1.00 e. The summed E-state index contributed by atoms with van der Waals surface area (Å²) in [4.78, 5) is 4.02. The van der Waals surface area contributed by atoms with Crippen molar-refractivity contribution in [2.24, 2.45) is 0 Å². The molecule has 0 saturated heterocycles. The molecule has 0 fully saturated rings. The molecule has 0 unspecified atom stereocenters. The van der Waals surface area contributed by atoms with Crippen molar-refractivity contribution in [1.29, 1.82) is 0 Å². The fourth-order valence-corrected chi connectivity index (χ4v) is 2.49. The average molecular weight is 395 g/mol. The van der Waals surface area contributed by atoms with Crippen LogP contribution in [0.5, 0.6) is 11.5 Å². The lowest BCUT2D eigenvalue weighted by molar-refractivity contribution is -0.001000. The predicted octanol–water partition coefficient (Wildman–Crippen LogP) is -2.87. The SMILES string of the molecule is CCOc1c(Cl)cc(CNCCCn2ccnc2)cc1OC.[Cl-].[Cl-]. The van der Waals surface area contributed by atoms with Gasteiger partial charge in [0.2, 0.25) is 0 Å². The minimum atomic E-state index is 0. The zero-order valence-electron chi connectivity index (χ0n) is 13.8. The highest BCUT2D eigenvalue weighted by Gasteiger charge is 2.11. The molecular weight excluding hydrogens is 373 g/mol. The van der Waals surface area contributed by atoms with Crippen LogP contribution in [0.4, 0.5) is 0 Å². The zero-order chi connectivity index (χ0) is 15.8. The summed E-state index contributed by atoms with van der Waals surface area (Å²) < 4.78 is 12.9. The molecule has 0 aliphatic rings. The highest BCUT2D eigenvalue weighted by Crippen LogP contribution is 2.36. The molecule has 24 heavy (non-hydrogen) atoms. The summed E-state index contributed by atoms with van der Waals surface area (Å²) in [6.45, 7) is 5.10. The number of aromatic nitrogens is 2. The van der Waals surface area contributed by atoms with Gasteiger partial charge in [-0.1, -0.05) is 11.6 Å². The summed E-state index contributed by atoms with van der Waals surface area (Å²) in [5.74, 6) is 1.28. The number of rotatable bonds is 9. The van der Waals surface area contributed by atoms with Gasteiger partial charge in [0.1, 0.15) is 0 Å². The second-order valence-corrected chi connectivity index (χ2v) is 5.28. The molecule has 0 saturated carbocycles. The van der Waals surface area contributed by atoms with Crippen LogP contribution in [-0.2, 0) is 13.1 Å². The van der Waals surface area contributed by atoms with Crippen molar-refractivity contribution >= 4 is 11.6 Å². The van der Waals surface area contributed by atoms with Crippen LogP contribution in [0.15, 0.2) is 30.9 Å². The smallest absolute Gasteiger partial charge is 0.179 e. The summed E-state index contributed by atoms with van der Waals surface area (Å²) in [5.41, 5.74) is 1.08. The molecule has 2 aromatic rings. The molecule has 8 heteroatoms. The van der Waals surface area contributed by atoms with Crippen LogP contribution in [0.1, 0.15) is 18.9 Å². The third-order valence-electron chi connectivity index (χ3n) is 3.24. The molecule has 2 rings (SSSR count). The Morgan fingerprint density at radius 1 is 1.29 bits per heavy atom. The van der Waals surface area contributed by atoms with Crippen molar-refractivity contribution in [3.63, 3.8) is 0 Å². The molecule has 0 amide bonds. The van der Waals surface area contributed by atoms with E-state index in [1.807, 2.05) is 31.6 Å². The van der Waals surface area contributed by atoms with E-state index in [-0.39, 0.29) is 24.8 Å². The molecule has 0 bridgehead atoms. The Balaban J connectivity index is 0.00000264. The number of imidazole rings is 1. The van der Waals surface area contributed by atoms with Crippen molar-refractivity contribution in [2.45, 2.75) is 26.4 Å². The highest BCUT2D eigenvalue weighted by atomic mass is 35.5. The largest absolute Gasteiger partial charge is 1.00 e. The Bertz CT molecular complexity index is 580. The Morgan fingerprint density at radius 3 is 2.71 bits per heavy atom. The van der Waals surface area contributed by atoms with E-state index in [0.717, 1.165) is 31.6 Å². The van der Waals surface area contributed by atoms with Gasteiger partial charge >= 0.3 is 0 Å². The van der Waals surface area contributed by atoms with Gasteiger partial charge in [-0.15, -0.1) is 0 Å². The van der Waals surface area contributed by atoms with E-state index in [1.165, 1.54) is 0 Å². The summed E-state index contributed by atoms with van der Waals surface area (Å²) in [7, 11) is 1.62. The number of hydrogen-bond donors (Lipinski definition) is 1. The molecule has 0 aliphatic carbocycles. The predicted molar refractivity (Wildman–Crippen MR) is 87.7 cm³/mol. The van der Waals surface area contributed by atoms with Crippen LogP contribution in [0, 0.1) is 0 Å². The quantitative estimate of drug-likeness (QED) is 0.465. The monoisotopic (exact) mass is 393 g/mol. The number of halogens is 3. The first-order chi connectivity index (χ1) is 10.7. The summed E-state index contributed by atoms with van der Waals surface area (Å²) in [6.07, 6.45) is 6.63. The topological polar surface area (TPSA) is 48.3 Å². The van der Waals surface area contributed by atoms with Crippen molar-refractivity contribution in [2.75, 3.05) is 20.3 Å². The maximum Gasteiger partial charge on any atom is 0.179 e. The van der Waals surface area contributed by atoms with E-state index in [1.54, 1.807) is 13.3 Å². The van der Waals surface area contributed by atoms with Crippen molar-refractivity contribution in [1.82, 2.24) is 14.9 Å². The van der Waals surface area contributed by atoms with Crippen molar-refractivity contribution in [3.05, 3.63) is 41.4 Å². The number of ether oxygens (including phenoxy) is 2. The number of nitrogens with zero attached hydrogens (tertiary/aromatic N) is 2. The maximum atomic E-state index is 6.26. The first-order valence-corrected chi connectivity index (χ1v) is 7.78. The summed E-state index contributed by atoms with van der Waals surface area (Å²) in [6, 6.07) is 3.87. The van der Waals surface area contributed by atoms with E-state index in [9.17, 15) is 0 Å². The Kier molecular flexibility index (Phi) is 11.7. The number of methoxy groups -OCH3 is 1. The van der Waals surface area contributed by atoms with E-state index in [4.69, 9.17) is 21.1 Å². The molecule has 136 valence electrons. The van der Waals surface area contributed by atoms with Crippen molar-refractivity contribution in [3.8, 4) is 11.5 Å². The van der Waals surface area contributed by atoms with E-state index < -0.39 is 0 Å². The maximum absolute atomic E-state index is 6.26. The van der Waals surface area contributed by atoms with Gasteiger partial charge in [-0.2, -0.15) is 0 Å². The summed E-state index contributed by atoms with van der Waals surface area (Å²) in [5, 5.41) is 3.99. The lowest BCUT2D eigenvalue weighted by Gasteiger charge is -2.13. The Morgan fingerprint density at radius 2 is 2.08 bits per heavy atom. The van der Waals surface area contributed by atoms with Gasteiger partial charge in [0.15, 0.2) is 11.5 Å². The molecule has 0 radical (unpaired) electrons. The lowest BCUT2D eigenvalue weighted by Crippen LogP contribution is -3.00. The molecule has 0 spiro atoms. The standard InChI is InChI=1S/C16H22ClN3O2.2ClH/c1-3-22-16-14(17)9-13(10-15(16)21-2)11-18-5-4-7-20-8-6-19-12-20;;/h6,8-10,12,18H,3-5,7,11H2,1-2H3;2*1H/p-2. The van der Waals surface area contributed by atoms with E-state index in [2.05, 4.69) is 14.9 Å². The van der Waals surface area contributed by atoms with Crippen LogP contribution < -0.4 is 39.6 Å². The molecule has 1 N–H and O–H groups in total. The average Bonchev–Trinajstić information content (AvgIpc) is 3.02. The molecule has 1 aromatic carbocycles. The number of benzene rings is 1. The van der Waals surface area contributed by atoms with Crippen LogP contribution in [0.25, 0.3) is 0 Å². The molecule has 1 aromatic heterocycles. The van der Waals surface area contributed by atoms with E-state index in [0.29, 0.717) is 23.1 Å². The fraction of sp³-hybridized carbons (Fsp3) is 0.438. The molecular formula is C16H22Cl3N3O2-2. The fourth-order valence-electron chi connectivity index (χ4n) is 2.20. The van der Waals surface area contributed by atoms with Crippen molar-refractivity contribution < 1.29 is 34.3 Å². The summed E-state index contributed by atoms with van der Waals surface area (Å²) >= 11 is 6.26. The van der Waals surface area contributed by atoms with Gasteiger partial charge in [-0.3, -0.25) is 0 Å². The van der Waals surface area contributed by atoms with Gasteiger partial charge in [0.05, 0.1) is 25.1 Å². The third-order valence-corrected chi connectivity index (χ3v) is 3.52. The minimum absolute atomic E-state index is 0. The second kappa shape index (κ2) is 12.3. The number of aryl methyl sites for hydroxylation is 1. The van der Waals surface area contributed by atoms with Crippen LogP contribution in [-0.4, -0.2) is 29.8 Å².